The van der Waals surface area contributed by atoms with Crippen LogP contribution in [0, 0.1) is 82.8 Å². The molecule has 95 heavy (non-hydrogen) atoms. The van der Waals surface area contributed by atoms with Crippen LogP contribution in [-0.4, -0.2) is 105 Å². The van der Waals surface area contributed by atoms with E-state index >= 15 is 0 Å². The number of nitrogens with zero attached hydrogens (tertiary/aromatic N) is 8. The van der Waals surface area contributed by atoms with Gasteiger partial charge in [-0.3, -0.25) is 24.0 Å². The normalized spacial score (nSPS) is 30.3. The van der Waals surface area contributed by atoms with Crippen molar-refractivity contribution in [2.45, 2.75) is 132 Å². The van der Waals surface area contributed by atoms with Gasteiger partial charge in [0.15, 0.2) is 11.6 Å². The Hall–Kier alpha value is -8.11. The number of benzene rings is 4. The van der Waals surface area contributed by atoms with Crippen LogP contribution in [0.1, 0.15) is 127 Å². The predicted molar refractivity (Wildman–Crippen MR) is 354 cm³/mol. The van der Waals surface area contributed by atoms with E-state index < -0.39 is 22.3 Å². The molecule has 17 nitrogen and oxygen atoms in total. The number of rotatable bonds is 8. The standard InChI is InChI=1S/2C19H22N2O2.2C19H20N2O2.CH3O.Na/c1-13-16-8-9-21(12-14-6-4-3-5-7-14)18(22)19(16,2)10-15-11-20-23-17(13)15;3*1-13-15-9-10-21(12-14-7-5-4-6-8-14)18(23)19(15,2)11-16(20-3)17(13)22;1-2;/h3-7,11,13,16H,8-10,12H2,1-2H3;4-8,13,15-16H,9-12H2,1-2H3;2*4-8,11,13,15H,9-10,12H2,1-2H3;1H3;/q;;;;-1;+1/t;;2*13-,15-,19-;;/m..10../s1. The number of ketones is 3. The molecule has 18 heteroatoms. The molecule has 1 aromatic heterocycles. The molecular formula is C77H87N8NaO9. The van der Waals surface area contributed by atoms with Gasteiger partial charge in [0.2, 0.25) is 40.8 Å². The van der Waals surface area contributed by atoms with E-state index in [4.69, 9.17) is 29.3 Å². The quantitative estimate of drug-likeness (QED) is 0.108. The van der Waals surface area contributed by atoms with Crippen molar-refractivity contribution < 1.29 is 72.7 Å². The average molecular weight is 1290 g/mol. The SMILES string of the molecule is CC1c2oncc2CC2(C)C(=O)N(Cc3ccccc3)CCC12.C[O-].[C-]#[N+]C1=C[C@@]2(C)C(=O)N(Cc3ccccc3)CC[C@@H]2[C@@H](C)C1=O.[C-]#[N+]C1=C[C@]2(C)C(=O)N(Cc3ccccc3)CC[C@H]2[C@H](C)C1=O.[C-]#[N+]C1CC2(C)C(=O)N(Cc3ccccc3)CCC2C(C)C1=O.[Na+]. The summed E-state index contributed by atoms with van der Waals surface area (Å²) in [6.45, 7) is 42.6. The summed E-state index contributed by atoms with van der Waals surface area (Å²) in [5.41, 5.74) is 3.40. The van der Waals surface area contributed by atoms with Crippen LogP contribution in [0.4, 0.5) is 0 Å². The molecule has 5 heterocycles. The summed E-state index contributed by atoms with van der Waals surface area (Å²) in [5, 5.41) is 12.2. The van der Waals surface area contributed by atoms with Gasteiger partial charge in [-0.05, 0) is 91.9 Å². The maximum Gasteiger partial charge on any atom is 1.00 e. The van der Waals surface area contributed by atoms with E-state index in [0.717, 1.165) is 73.8 Å². The molecule has 4 aromatic carbocycles. The minimum absolute atomic E-state index is 0. The largest absolute Gasteiger partial charge is 1.00 e. The first kappa shape index (κ1) is 72.7. The van der Waals surface area contributed by atoms with Gasteiger partial charge >= 0.3 is 29.6 Å². The summed E-state index contributed by atoms with van der Waals surface area (Å²) in [6.07, 6.45) is 9.59. The van der Waals surface area contributed by atoms with Gasteiger partial charge in [-0.15, -0.1) is 0 Å². The van der Waals surface area contributed by atoms with Gasteiger partial charge < -0.3 is 43.7 Å². The van der Waals surface area contributed by atoms with Crippen LogP contribution in [0.25, 0.3) is 14.5 Å². The van der Waals surface area contributed by atoms with Gasteiger partial charge in [-0.25, -0.2) is 16.3 Å². The van der Waals surface area contributed by atoms with Crippen LogP contribution in [0.5, 0.6) is 0 Å². The third-order valence-electron chi connectivity index (χ3n) is 22.0. The fourth-order valence-electron chi connectivity index (χ4n) is 16.8. The fourth-order valence-corrected chi connectivity index (χ4v) is 16.8. The molecule has 8 aliphatic rings. The van der Waals surface area contributed by atoms with Crippen LogP contribution in [-0.2, 0) is 66.2 Å². The molecule has 13 atom stereocenters. The van der Waals surface area contributed by atoms with Gasteiger partial charge in [-0.1, -0.05) is 180 Å². The van der Waals surface area contributed by atoms with Gasteiger partial charge in [-0.2, -0.15) is 7.11 Å². The Labute approximate surface area is 582 Å². The van der Waals surface area contributed by atoms with Crippen LogP contribution in [0.3, 0.4) is 0 Å². The third-order valence-corrected chi connectivity index (χ3v) is 22.0. The van der Waals surface area contributed by atoms with E-state index in [1.807, 2.05) is 170 Å². The second kappa shape index (κ2) is 30.7. The maximum atomic E-state index is 13.2. The third kappa shape index (κ3) is 14.5. The number of aromatic nitrogens is 1. The van der Waals surface area contributed by atoms with E-state index in [1.165, 1.54) is 5.56 Å². The second-order valence-electron chi connectivity index (χ2n) is 27.6. The molecule has 4 amide bonds. The molecule has 0 radical (unpaired) electrons. The van der Waals surface area contributed by atoms with Gasteiger partial charge in [0.05, 0.1) is 41.0 Å². The Morgan fingerprint density at radius 3 is 1.18 bits per heavy atom. The van der Waals surface area contributed by atoms with Crippen LogP contribution >= 0.6 is 0 Å². The summed E-state index contributed by atoms with van der Waals surface area (Å²) >= 11 is 0. The molecule has 0 bridgehead atoms. The minimum atomic E-state index is -0.750. The van der Waals surface area contributed by atoms with Gasteiger partial charge in [0.1, 0.15) is 5.76 Å². The van der Waals surface area contributed by atoms with Crippen molar-refractivity contribution in [2.75, 3.05) is 33.3 Å². The van der Waals surface area contributed by atoms with Crippen LogP contribution in [0.2, 0.25) is 0 Å². The molecule has 5 fully saturated rings. The first-order valence-corrected chi connectivity index (χ1v) is 32.9. The molecule has 1 saturated carbocycles. The summed E-state index contributed by atoms with van der Waals surface area (Å²) in [6, 6.07) is 39.4. The Kier molecular flexibility index (Phi) is 23.5. The molecule has 490 valence electrons. The van der Waals surface area contributed by atoms with Gasteiger partial charge in [0.25, 0.3) is 6.04 Å². The molecular weight excluding hydrogens is 1200 g/mol. The molecule has 13 rings (SSSR count). The van der Waals surface area contributed by atoms with E-state index in [2.05, 4.69) is 45.7 Å². The molecule has 4 aliphatic heterocycles. The first-order valence-electron chi connectivity index (χ1n) is 32.9. The Balaban J connectivity index is 0.000000160. The number of piperidine rings is 4. The Morgan fingerprint density at radius 2 is 0.821 bits per heavy atom. The van der Waals surface area contributed by atoms with Crippen LogP contribution < -0.4 is 34.7 Å². The number of carbonyl (C=O) groups is 7. The molecule has 7 unspecified atom stereocenters. The summed E-state index contributed by atoms with van der Waals surface area (Å²) < 4.78 is 5.45. The van der Waals surface area contributed by atoms with Crippen molar-refractivity contribution in [3.8, 4) is 0 Å². The number of likely N-dealkylation sites (tertiary alicyclic amines) is 4. The number of hydrogen-bond donors (Lipinski definition) is 0. The van der Waals surface area contributed by atoms with E-state index in [1.54, 1.807) is 18.3 Å². The predicted octanol–water partition coefficient (Wildman–Crippen LogP) is 8.43. The van der Waals surface area contributed by atoms with Gasteiger partial charge in [0, 0.05) is 88.0 Å². The Bertz CT molecular complexity index is 3700. The topological polar surface area (TPSA) is 195 Å². The number of hydrogen-bond acceptors (Lipinski definition) is 10. The Morgan fingerprint density at radius 1 is 0.484 bits per heavy atom. The molecule has 5 aromatic rings. The minimum Gasteiger partial charge on any atom is -0.857 e. The van der Waals surface area contributed by atoms with E-state index in [9.17, 15) is 33.6 Å². The van der Waals surface area contributed by atoms with E-state index in [0.29, 0.717) is 58.2 Å². The van der Waals surface area contributed by atoms with Crippen molar-refractivity contribution in [3.63, 3.8) is 0 Å². The molecule has 0 N–H and O–H groups in total. The van der Waals surface area contributed by atoms with Crippen molar-refractivity contribution >= 4 is 41.0 Å². The second-order valence-corrected chi connectivity index (χ2v) is 27.6. The maximum absolute atomic E-state index is 13.2. The first-order chi connectivity index (χ1) is 45.0. The monoisotopic (exact) mass is 1290 g/mol. The van der Waals surface area contributed by atoms with Crippen molar-refractivity contribution in [1.82, 2.24) is 24.8 Å². The number of fused-ring (bicyclic) bond motifs is 5. The summed E-state index contributed by atoms with van der Waals surface area (Å²) in [4.78, 5) is 107. The molecule has 0 spiro atoms. The molecule has 4 saturated heterocycles. The molecule has 4 aliphatic carbocycles. The zero-order valence-corrected chi connectivity index (χ0v) is 58.6. The number of amides is 4. The summed E-state index contributed by atoms with van der Waals surface area (Å²) in [5.74, 6) is 1.09. The number of allylic oxidation sites excluding steroid dienone is 2. The smallest absolute Gasteiger partial charge is 0.857 e. The zero-order valence-electron chi connectivity index (χ0n) is 56.6. The summed E-state index contributed by atoms with van der Waals surface area (Å²) in [7, 11) is 0.750. The zero-order chi connectivity index (χ0) is 67.9. The van der Waals surface area contributed by atoms with Crippen molar-refractivity contribution in [1.29, 1.82) is 0 Å². The van der Waals surface area contributed by atoms with Crippen LogP contribution in [0.15, 0.2) is 156 Å². The van der Waals surface area contributed by atoms with Crippen molar-refractivity contribution in [2.24, 2.45) is 63.1 Å². The number of Topliss-reactive ketones (excluding diaryl/α,β-unsaturated/α-hetero) is 3. The number of carbonyl (C=O) groups excluding carboxylic acids is 7. The van der Waals surface area contributed by atoms with Crippen molar-refractivity contribution in [3.05, 3.63) is 219 Å². The van der Waals surface area contributed by atoms with E-state index in [-0.39, 0.29) is 129 Å². The average Bonchev–Trinajstić information content (AvgIpc) is 1.67. The fraction of sp³-hybridized carbons (Fsp3) is 0.468.